The molecule has 0 fully saturated rings. The van der Waals surface area contributed by atoms with Crippen molar-refractivity contribution in [2.24, 2.45) is 4.99 Å². The average Bonchev–Trinajstić information content (AvgIpc) is 3.04. The topological polar surface area (TPSA) is 28.5 Å². The molecule has 3 heteroatoms. The minimum atomic E-state index is -0.357. The van der Waals surface area contributed by atoms with E-state index in [0.29, 0.717) is 0 Å². The van der Waals surface area contributed by atoms with Gasteiger partial charge in [-0.1, -0.05) is 117 Å². The standard InChI is InChI=1S/C39H31N3/c1-5-32-38(40-4)42(35-21-13-14-24-41-35)34-23-22-27(25-33(34)39(32,2)3)37-30-19-11-9-17-28(30)36(26-15-7-6-8-16-26)29-18-10-12-20-31(29)37/h5-25H,1,4H2,2-3H3. The molecule has 0 unspecified atom stereocenters. The van der Waals surface area contributed by atoms with E-state index in [1.165, 1.54) is 49.4 Å². The van der Waals surface area contributed by atoms with Crippen LogP contribution in [0.4, 0.5) is 11.5 Å². The Balaban J connectivity index is 1.55. The maximum atomic E-state index is 4.69. The molecule has 0 saturated carbocycles. The molecule has 0 amide bonds. The van der Waals surface area contributed by atoms with E-state index >= 15 is 0 Å². The Morgan fingerprint density at radius 2 is 1.26 bits per heavy atom. The highest BCUT2D eigenvalue weighted by Gasteiger charge is 2.38. The fourth-order valence-electron chi connectivity index (χ4n) is 6.62. The summed E-state index contributed by atoms with van der Waals surface area (Å²) in [7, 11) is 0. The van der Waals surface area contributed by atoms with Crippen LogP contribution in [0.3, 0.4) is 0 Å². The molecule has 0 spiro atoms. The number of hydrogen-bond donors (Lipinski definition) is 0. The summed E-state index contributed by atoms with van der Waals surface area (Å²) >= 11 is 0. The molecule has 3 nitrogen and oxygen atoms in total. The van der Waals surface area contributed by atoms with Crippen molar-refractivity contribution >= 4 is 39.8 Å². The van der Waals surface area contributed by atoms with E-state index in [-0.39, 0.29) is 5.41 Å². The van der Waals surface area contributed by atoms with Crippen molar-refractivity contribution in [2.45, 2.75) is 19.3 Å². The lowest BCUT2D eigenvalue weighted by atomic mass is 9.73. The van der Waals surface area contributed by atoms with Gasteiger partial charge in [0.05, 0.1) is 5.69 Å². The molecule has 0 saturated heterocycles. The zero-order valence-corrected chi connectivity index (χ0v) is 23.9. The molecule has 1 aromatic heterocycles. The highest BCUT2D eigenvalue weighted by atomic mass is 15.3. The van der Waals surface area contributed by atoms with Crippen molar-refractivity contribution in [3.05, 3.63) is 151 Å². The third-order valence-corrected chi connectivity index (χ3v) is 8.55. The predicted molar refractivity (Wildman–Crippen MR) is 178 cm³/mol. The third-order valence-electron chi connectivity index (χ3n) is 8.55. The molecular formula is C39H31N3. The molecule has 42 heavy (non-hydrogen) atoms. The number of allylic oxidation sites excluding steroid dienone is 2. The second kappa shape index (κ2) is 9.97. The summed E-state index contributed by atoms with van der Waals surface area (Å²) in [6.07, 6.45) is 3.72. The van der Waals surface area contributed by atoms with Gasteiger partial charge < -0.3 is 0 Å². The molecule has 0 N–H and O–H groups in total. The first-order valence-corrected chi connectivity index (χ1v) is 14.2. The first kappa shape index (κ1) is 25.7. The molecule has 6 aromatic rings. The molecule has 5 aromatic carbocycles. The number of hydrogen-bond acceptors (Lipinski definition) is 3. The number of rotatable bonds is 5. The summed E-state index contributed by atoms with van der Waals surface area (Å²) in [5.41, 5.74) is 7.79. The van der Waals surface area contributed by atoms with E-state index < -0.39 is 0 Å². The summed E-state index contributed by atoms with van der Waals surface area (Å²) in [5.74, 6) is 1.56. The van der Waals surface area contributed by atoms with Gasteiger partial charge in [0.2, 0.25) is 0 Å². The Hall–Kier alpha value is -5.28. The van der Waals surface area contributed by atoms with E-state index in [1.807, 2.05) is 30.5 Å². The quantitative estimate of drug-likeness (QED) is 0.160. The van der Waals surface area contributed by atoms with Gasteiger partial charge in [-0.15, -0.1) is 0 Å². The van der Waals surface area contributed by atoms with Gasteiger partial charge in [0.1, 0.15) is 11.6 Å². The fourth-order valence-corrected chi connectivity index (χ4v) is 6.62. The van der Waals surface area contributed by atoms with E-state index in [0.717, 1.165) is 22.9 Å². The zero-order chi connectivity index (χ0) is 28.8. The van der Waals surface area contributed by atoms with Gasteiger partial charge in [0.15, 0.2) is 0 Å². The van der Waals surface area contributed by atoms with Crippen molar-refractivity contribution in [1.29, 1.82) is 0 Å². The number of benzene rings is 5. The predicted octanol–water partition coefficient (Wildman–Crippen LogP) is 10.2. The number of aliphatic imine (C=N–C) groups is 1. The Bertz CT molecular complexity index is 1980. The third kappa shape index (κ3) is 3.82. The van der Waals surface area contributed by atoms with Crippen LogP contribution in [0.1, 0.15) is 19.4 Å². The monoisotopic (exact) mass is 541 g/mol. The highest BCUT2D eigenvalue weighted by molar-refractivity contribution is 6.21. The molecule has 1 aliphatic rings. The molecule has 7 rings (SSSR count). The van der Waals surface area contributed by atoms with Crippen LogP contribution in [0.5, 0.6) is 0 Å². The van der Waals surface area contributed by atoms with E-state index in [4.69, 9.17) is 0 Å². The van der Waals surface area contributed by atoms with Gasteiger partial charge in [0, 0.05) is 17.2 Å². The van der Waals surface area contributed by atoms with Crippen molar-refractivity contribution in [3.8, 4) is 22.3 Å². The van der Waals surface area contributed by atoms with Gasteiger partial charge in [-0.2, -0.15) is 0 Å². The van der Waals surface area contributed by atoms with Crippen molar-refractivity contribution in [3.63, 3.8) is 0 Å². The number of pyridine rings is 1. The van der Waals surface area contributed by atoms with Gasteiger partial charge >= 0.3 is 0 Å². The van der Waals surface area contributed by atoms with Crippen LogP contribution < -0.4 is 4.90 Å². The first-order chi connectivity index (χ1) is 20.5. The number of aromatic nitrogens is 1. The summed E-state index contributed by atoms with van der Waals surface area (Å²) < 4.78 is 0. The van der Waals surface area contributed by atoms with Crippen LogP contribution in [0, 0.1) is 0 Å². The molecule has 0 atom stereocenters. The first-order valence-electron chi connectivity index (χ1n) is 14.2. The van der Waals surface area contributed by atoms with Gasteiger partial charge in [0.25, 0.3) is 0 Å². The minimum Gasteiger partial charge on any atom is -0.278 e. The molecule has 2 heterocycles. The maximum Gasteiger partial charge on any atom is 0.142 e. The summed E-state index contributed by atoms with van der Waals surface area (Å²) in [6, 6.07) is 41.0. The van der Waals surface area contributed by atoms with E-state index in [1.54, 1.807) is 0 Å². The highest BCUT2D eigenvalue weighted by Crippen LogP contribution is 2.51. The molecular weight excluding hydrogens is 510 g/mol. The fraction of sp³-hybridized carbons (Fsp3) is 0.0769. The second-order valence-electron chi connectivity index (χ2n) is 11.2. The molecule has 0 radical (unpaired) electrons. The van der Waals surface area contributed by atoms with E-state index in [9.17, 15) is 0 Å². The van der Waals surface area contributed by atoms with Crippen LogP contribution in [-0.2, 0) is 5.41 Å². The smallest absolute Gasteiger partial charge is 0.142 e. The minimum absolute atomic E-state index is 0.357. The lowest BCUT2D eigenvalue weighted by Crippen LogP contribution is -2.33. The van der Waals surface area contributed by atoms with Crippen LogP contribution in [0.25, 0.3) is 43.8 Å². The second-order valence-corrected chi connectivity index (χ2v) is 11.2. The molecule has 0 bridgehead atoms. The zero-order valence-electron chi connectivity index (χ0n) is 23.9. The Morgan fingerprint density at radius 1 is 0.690 bits per heavy atom. The van der Waals surface area contributed by atoms with Gasteiger partial charge in [-0.25, -0.2) is 9.98 Å². The Kier molecular flexibility index (Phi) is 6.09. The van der Waals surface area contributed by atoms with Crippen molar-refractivity contribution < 1.29 is 0 Å². The molecule has 1 aliphatic heterocycles. The number of nitrogens with zero attached hydrogens (tertiary/aromatic N) is 3. The lowest BCUT2D eigenvalue weighted by molar-refractivity contribution is 0.616. The summed E-state index contributed by atoms with van der Waals surface area (Å²) in [4.78, 5) is 11.3. The van der Waals surface area contributed by atoms with Crippen LogP contribution in [0.15, 0.2) is 150 Å². The SMILES string of the molecule is C=CC1=C(N=C)N(c2ccccn2)c2ccc(-c3c4ccccc4c(-c4ccccc4)c4ccccc34)cc2C1(C)C. The van der Waals surface area contributed by atoms with Crippen LogP contribution in [0.2, 0.25) is 0 Å². The van der Waals surface area contributed by atoms with Crippen LogP contribution >= 0.6 is 0 Å². The molecule has 0 aliphatic carbocycles. The summed E-state index contributed by atoms with van der Waals surface area (Å²) in [5, 5.41) is 4.96. The lowest BCUT2D eigenvalue weighted by Gasteiger charge is -2.41. The summed E-state index contributed by atoms with van der Waals surface area (Å²) in [6.45, 7) is 12.6. The van der Waals surface area contributed by atoms with Crippen molar-refractivity contribution in [2.75, 3.05) is 4.90 Å². The number of fused-ring (bicyclic) bond motifs is 3. The Labute approximate surface area is 246 Å². The van der Waals surface area contributed by atoms with Crippen molar-refractivity contribution in [1.82, 2.24) is 4.98 Å². The Morgan fingerprint density at radius 3 is 1.81 bits per heavy atom. The average molecular weight is 542 g/mol. The number of anilines is 2. The molecule has 202 valence electrons. The van der Waals surface area contributed by atoms with Crippen LogP contribution in [-0.4, -0.2) is 11.7 Å². The van der Waals surface area contributed by atoms with E-state index in [2.05, 4.69) is 139 Å². The van der Waals surface area contributed by atoms with Gasteiger partial charge in [-0.05, 0) is 80.3 Å². The normalized spacial score (nSPS) is 14.2. The largest absolute Gasteiger partial charge is 0.278 e. The maximum absolute atomic E-state index is 4.69. The van der Waals surface area contributed by atoms with Gasteiger partial charge in [-0.3, -0.25) is 4.90 Å².